The fraction of sp³-hybridized carbons (Fsp3) is 0.385. The van der Waals surface area contributed by atoms with Gasteiger partial charge in [-0.2, -0.15) is 0 Å². The molecule has 0 bridgehead atoms. The molecule has 112 valence electrons. The molecule has 8 nitrogen and oxygen atoms in total. The number of amides is 2. The molecule has 0 aliphatic carbocycles. The molecule has 0 aliphatic heterocycles. The van der Waals surface area contributed by atoms with E-state index in [2.05, 4.69) is 25.6 Å². The van der Waals surface area contributed by atoms with Crippen molar-refractivity contribution in [3.05, 3.63) is 24.4 Å². The first kappa shape index (κ1) is 14.8. The summed E-state index contributed by atoms with van der Waals surface area (Å²) in [6.07, 6.45) is 1.73. The van der Waals surface area contributed by atoms with Gasteiger partial charge in [0.05, 0.1) is 7.11 Å². The monoisotopic (exact) mass is 291 g/mol. The van der Waals surface area contributed by atoms with E-state index in [4.69, 9.17) is 0 Å². The summed E-state index contributed by atoms with van der Waals surface area (Å²) in [4.78, 5) is 23.6. The number of anilines is 1. The molecule has 1 unspecified atom stereocenters. The Bertz CT molecular complexity index is 652. The van der Waals surface area contributed by atoms with Crippen LogP contribution in [0.2, 0.25) is 0 Å². The summed E-state index contributed by atoms with van der Waals surface area (Å²) >= 11 is 0. The second kappa shape index (κ2) is 6.21. The van der Waals surface area contributed by atoms with Crippen LogP contribution in [0.4, 0.5) is 10.7 Å². The quantitative estimate of drug-likeness (QED) is 0.820. The minimum atomic E-state index is -0.728. The van der Waals surface area contributed by atoms with E-state index in [1.807, 2.05) is 19.9 Å². The number of hydrogen-bond donors (Lipinski definition) is 2. The van der Waals surface area contributed by atoms with E-state index in [0.29, 0.717) is 5.65 Å². The summed E-state index contributed by atoms with van der Waals surface area (Å²) in [5.41, 5.74) is 0.612. The van der Waals surface area contributed by atoms with Crippen LogP contribution < -0.4 is 10.6 Å². The molecule has 2 aromatic heterocycles. The molecule has 0 saturated carbocycles. The van der Waals surface area contributed by atoms with Gasteiger partial charge in [0.1, 0.15) is 6.04 Å². The summed E-state index contributed by atoms with van der Waals surface area (Å²) in [7, 11) is 1.28. The standard InChI is InChI=1S/C13H17N5O3/c1-8(2)10(11(19)21-3)14-13(20)15-12-17-16-9-6-4-5-7-18(9)12/h4-8,10H,1-3H3,(H2,14,15,17,20). The molecule has 0 radical (unpaired) electrons. The number of urea groups is 1. The van der Waals surface area contributed by atoms with Gasteiger partial charge in [0.25, 0.3) is 0 Å². The molecule has 2 heterocycles. The maximum Gasteiger partial charge on any atom is 0.328 e. The highest BCUT2D eigenvalue weighted by Crippen LogP contribution is 2.08. The third-order valence-electron chi connectivity index (χ3n) is 2.95. The molecular weight excluding hydrogens is 274 g/mol. The number of carbonyl (C=O) groups is 2. The second-order valence-corrected chi connectivity index (χ2v) is 4.80. The number of carbonyl (C=O) groups excluding carboxylic acids is 2. The largest absolute Gasteiger partial charge is 0.467 e. The van der Waals surface area contributed by atoms with Gasteiger partial charge in [0.2, 0.25) is 5.95 Å². The Labute approximate surface area is 121 Å². The van der Waals surface area contributed by atoms with Crippen molar-refractivity contribution in [1.29, 1.82) is 0 Å². The van der Waals surface area contributed by atoms with Gasteiger partial charge < -0.3 is 10.1 Å². The lowest BCUT2D eigenvalue weighted by molar-refractivity contribution is -0.143. The number of fused-ring (bicyclic) bond motifs is 1. The van der Waals surface area contributed by atoms with E-state index in [0.717, 1.165) is 0 Å². The van der Waals surface area contributed by atoms with Crippen LogP contribution in [0.3, 0.4) is 0 Å². The minimum Gasteiger partial charge on any atom is -0.467 e. The lowest BCUT2D eigenvalue weighted by Gasteiger charge is -2.19. The number of hydrogen-bond acceptors (Lipinski definition) is 5. The smallest absolute Gasteiger partial charge is 0.328 e. The SMILES string of the molecule is COC(=O)C(NC(=O)Nc1nnc2ccccn12)C(C)C. The van der Waals surface area contributed by atoms with E-state index >= 15 is 0 Å². The average Bonchev–Trinajstić information content (AvgIpc) is 2.87. The number of aromatic nitrogens is 3. The number of esters is 1. The molecule has 8 heteroatoms. The molecule has 0 spiro atoms. The minimum absolute atomic E-state index is 0.0988. The Morgan fingerprint density at radius 1 is 1.29 bits per heavy atom. The maximum atomic E-state index is 12.0. The number of pyridine rings is 1. The molecule has 2 aromatic rings. The van der Waals surface area contributed by atoms with E-state index in [-0.39, 0.29) is 11.9 Å². The highest BCUT2D eigenvalue weighted by molar-refractivity contribution is 5.91. The zero-order valence-electron chi connectivity index (χ0n) is 12.0. The molecule has 0 aliphatic rings. The Hall–Kier alpha value is -2.64. The first-order chi connectivity index (χ1) is 10.0. The number of rotatable bonds is 4. The fourth-order valence-corrected chi connectivity index (χ4v) is 1.83. The Balaban J connectivity index is 2.09. The van der Waals surface area contributed by atoms with Crippen LogP contribution in [0.1, 0.15) is 13.8 Å². The number of nitrogens with zero attached hydrogens (tertiary/aromatic N) is 3. The van der Waals surface area contributed by atoms with Crippen molar-refractivity contribution in [2.24, 2.45) is 5.92 Å². The Kier molecular flexibility index (Phi) is 4.36. The number of methoxy groups -OCH3 is 1. The summed E-state index contributed by atoms with van der Waals surface area (Å²) < 4.78 is 6.29. The topological polar surface area (TPSA) is 97.6 Å². The van der Waals surface area contributed by atoms with Gasteiger partial charge in [-0.1, -0.05) is 19.9 Å². The summed E-state index contributed by atoms with van der Waals surface area (Å²) in [6.45, 7) is 3.63. The van der Waals surface area contributed by atoms with Crippen molar-refractivity contribution in [3.63, 3.8) is 0 Å². The van der Waals surface area contributed by atoms with Crippen molar-refractivity contribution < 1.29 is 14.3 Å². The lowest BCUT2D eigenvalue weighted by atomic mass is 10.1. The molecule has 0 aromatic carbocycles. The summed E-state index contributed by atoms with van der Waals surface area (Å²) in [5, 5.41) is 12.9. The third-order valence-corrected chi connectivity index (χ3v) is 2.95. The summed E-state index contributed by atoms with van der Waals surface area (Å²) in [6, 6.07) is 4.11. The molecule has 2 N–H and O–H groups in total. The number of ether oxygens (including phenoxy) is 1. The van der Waals surface area contributed by atoms with Gasteiger partial charge in [-0.25, -0.2) is 9.59 Å². The average molecular weight is 291 g/mol. The molecule has 2 amide bonds. The second-order valence-electron chi connectivity index (χ2n) is 4.80. The zero-order valence-corrected chi connectivity index (χ0v) is 12.0. The molecule has 0 fully saturated rings. The van der Waals surface area contributed by atoms with Crippen LogP contribution >= 0.6 is 0 Å². The normalized spacial score (nSPS) is 12.2. The van der Waals surface area contributed by atoms with Gasteiger partial charge in [0, 0.05) is 6.20 Å². The van der Waals surface area contributed by atoms with Gasteiger partial charge >= 0.3 is 12.0 Å². The molecule has 21 heavy (non-hydrogen) atoms. The van der Waals surface area contributed by atoms with Gasteiger partial charge in [-0.05, 0) is 18.1 Å². The van der Waals surface area contributed by atoms with Crippen LogP contribution in [-0.2, 0) is 9.53 Å². The lowest BCUT2D eigenvalue weighted by Crippen LogP contribution is -2.46. The molecule has 2 rings (SSSR count). The van der Waals surface area contributed by atoms with Crippen LogP contribution in [0.15, 0.2) is 24.4 Å². The van der Waals surface area contributed by atoms with Crippen molar-refractivity contribution >= 4 is 23.6 Å². The van der Waals surface area contributed by atoms with Crippen LogP contribution in [0.5, 0.6) is 0 Å². The summed E-state index contributed by atoms with van der Waals surface area (Å²) in [5.74, 6) is -0.319. The predicted octanol–water partition coefficient (Wildman–Crippen LogP) is 1.05. The van der Waals surface area contributed by atoms with Crippen LogP contribution in [0, 0.1) is 5.92 Å². The van der Waals surface area contributed by atoms with E-state index in [9.17, 15) is 9.59 Å². The molecule has 1 atom stereocenters. The fourth-order valence-electron chi connectivity index (χ4n) is 1.83. The van der Waals surface area contributed by atoms with E-state index < -0.39 is 18.0 Å². The highest BCUT2D eigenvalue weighted by atomic mass is 16.5. The predicted molar refractivity (Wildman–Crippen MR) is 75.8 cm³/mol. The van der Waals surface area contributed by atoms with Crippen LogP contribution in [-0.4, -0.2) is 39.8 Å². The molecule has 0 saturated heterocycles. The van der Waals surface area contributed by atoms with Crippen molar-refractivity contribution in [1.82, 2.24) is 19.9 Å². The number of nitrogens with one attached hydrogen (secondary N) is 2. The van der Waals surface area contributed by atoms with Gasteiger partial charge in [-0.15, -0.1) is 10.2 Å². The van der Waals surface area contributed by atoms with Crippen LogP contribution in [0.25, 0.3) is 5.65 Å². The van der Waals surface area contributed by atoms with E-state index in [1.54, 1.807) is 22.7 Å². The van der Waals surface area contributed by atoms with Crippen molar-refractivity contribution in [2.75, 3.05) is 12.4 Å². The van der Waals surface area contributed by atoms with Gasteiger partial charge in [0.15, 0.2) is 5.65 Å². The molecular formula is C13H17N5O3. The van der Waals surface area contributed by atoms with E-state index in [1.165, 1.54) is 7.11 Å². The third kappa shape index (κ3) is 3.28. The Morgan fingerprint density at radius 2 is 2.05 bits per heavy atom. The van der Waals surface area contributed by atoms with Crippen molar-refractivity contribution in [3.8, 4) is 0 Å². The highest BCUT2D eigenvalue weighted by Gasteiger charge is 2.25. The van der Waals surface area contributed by atoms with Crippen molar-refractivity contribution in [2.45, 2.75) is 19.9 Å². The Morgan fingerprint density at radius 3 is 2.71 bits per heavy atom. The first-order valence-corrected chi connectivity index (χ1v) is 6.48. The maximum absolute atomic E-state index is 12.0. The van der Waals surface area contributed by atoms with Gasteiger partial charge in [-0.3, -0.25) is 9.72 Å². The zero-order chi connectivity index (χ0) is 15.4. The first-order valence-electron chi connectivity index (χ1n) is 6.48.